The summed E-state index contributed by atoms with van der Waals surface area (Å²) in [6.45, 7) is 1.89. The van der Waals surface area contributed by atoms with Crippen LogP contribution in [0, 0.1) is 6.92 Å². The maximum absolute atomic E-state index is 12.5. The minimum Gasteiger partial charge on any atom is -0.466 e. The number of amides is 1. The number of ether oxygens (including phenoxy) is 1. The van der Waals surface area contributed by atoms with Crippen LogP contribution in [0.4, 0.5) is 5.69 Å². The third-order valence-electron chi connectivity index (χ3n) is 3.46. The van der Waals surface area contributed by atoms with E-state index < -0.39 is 5.97 Å². The Morgan fingerprint density at radius 1 is 1.52 bits per heavy atom. The van der Waals surface area contributed by atoms with E-state index in [0.717, 1.165) is 5.56 Å². The molecule has 0 saturated heterocycles. The molecule has 0 aromatic heterocycles. The van der Waals surface area contributed by atoms with Crippen molar-refractivity contribution in [2.24, 2.45) is 0 Å². The number of rotatable bonds is 5. The molecular weight excluding hydrogens is 388 g/mol. The van der Waals surface area contributed by atoms with Crippen LogP contribution in [-0.4, -0.2) is 48.7 Å². The number of nitrogens with one attached hydrogen (secondary N) is 1. The Hall–Kier alpha value is -1.57. The molecule has 0 unspecified atom stereocenters. The number of aliphatic hydroxyl groups is 1. The second kappa shape index (κ2) is 7.33. The summed E-state index contributed by atoms with van der Waals surface area (Å²) in [5.41, 5.74) is 1.84. The Kier molecular flexibility index (Phi) is 5.67. The number of aliphatic hydroxyl groups excluding tert-OH is 1. The standard InChI is InChI=1S/C15H16BrClN2O4/c1-8-5-9(17)6-11(16)12(8)18-13-10(15(22)23-2)7-19(3-4-20)14(13)21/h5-6,18,20H,3-4,7H2,1-2H3. The SMILES string of the molecule is COC(=O)C1=C(Nc2c(C)cc(Cl)cc2Br)C(=O)N(CCO)C1. The topological polar surface area (TPSA) is 78.9 Å². The molecule has 0 spiro atoms. The number of benzene rings is 1. The van der Waals surface area contributed by atoms with Crippen molar-refractivity contribution in [2.75, 3.05) is 32.1 Å². The minimum atomic E-state index is -0.580. The molecule has 0 fully saturated rings. The van der Waals surface area contributed by atoms with E-state index in [-0.39, 0.29) is 36.9 Å². The van der Waals surface area contributed by atoms with E-state index in [1.54, 1.807) is 12.1 Å². The third kappa shape index (κ3) is 3.68. The zero-order valence-electron chi connectivity index (χ0n) is 12.7. The lowest BCUT2D eigenvalue weighted by Gasteiger charge is -2.16. The first-order valence-corrected chi connectivity index (χ1v) is 8.00. The second-order valence-corrected chi connectivity index (χ2v) is 6.29. The summed E-state index contributed by atoms with van der Waals surface area (Å²) in [7, 11) is 1.26. The summed E-state index contributed by atoms with van der Waals surface area (Å²) in [4.78, 5) is 25.8. The van der Waals surface area contributed by atoms with Gasteiger partial charge >= 0.3 is 5.97 Å². The molecule has 1 amide bonds. The maximum Gasteiger partial charge on any atom is 0.337 e. The highest BCUT2D eigenvalue weighted by Crippen LogP contribution is 2.33. The molecule has 1 aliphatic rings. The molecular formula is C15H16BrClN2O4. The highest BCUT2D eigenvalue weighted by atomic mass is 79.9. The van der Waals surface area contributed by atoms with Crippen LogP contribution in [0.1, 0.15) is 5.56 Å². The van der Waals surface area contributed by atoms with Crippen LogP contribution in [0.2, 0.25) is 5.02 Å². The number of aryl methyl sites for hydroxylation is 1. The smallest absolute Gasteiger partial charge is 0.337 e. The Balaban J connectivity index is 2.41. The number of esters is 1. The Bertz CT molecular complexity index is 667. The number of halogens is 2. The number of hydrogen-bond acceptors (Lipinski definition) is 5. The average molecular weight is 404 g/mol. The summed E-state index contributed by atoms with van der Waals surface area (Å²) in [6.07, 6.45) is 0. The molecule has 8 heteroatoms. The van der Waals surface area contributed by atoms with Crippen LogP contribution in [0.3, 0.4) is 0 Å². The Labute approximate surface area is 147 Å². The molecule has 0 atom stereocenters. The molecule has 0 radical (unpaired) electrons. The molecule has 2 rings (SSSR count). The molecule has 0 saturated carbocycles. The van der Waals surface area contributed by atoms with Gasteiger partial charge in [0.2, 0.25) is 0 Å². The predicted molar refractivity (Wildman–Crippen MR) is 90.2 cm³/mol. The van der Waals surface area contributed by atoms with Crippen molar-refractivity contribution in [1.82, 2.24) is 4.90 Å². The largest absolute Gasteiger partial charge is 0.466 e. The molecule has 2 N–H and O–H groups in total. The van der Waals surface area contributed by atoms with Gasteiger partial charge in [-0.1, -0.05) is 11.6 Å². The number of methoxy groups -OCH3 is 1. The van der Waals surface area contributed by atoms with Gasteiger partial charge in [-0.25, -0.2) is 4.79 Å². The normalized spacial score (nSPS) is 14.5. The average Bonchev–Trinajstić information content (AvgIpc) is 2.79. The van der Waals surface area contributed by atoms with E-state index in [0.29, 0.717) is 15.2 Å². The third-order valence-corrected chi connectivity index (χ3v) is 4.30. The summed E-state index contributed by atoms with van der Waals surface area (Å²) in [5, 5.41) is 12.6. The Morgan fingerprint density at radius 3 is 2.78 bits per heavy atom. The fourth-order valence-electron chi connectivity index (χ4n) is 2.33. The maximum atomic E-state index is 12.5. The van der Waals surface area contributed by atoms with E-state index in [9.17, 15) is 9.59 Å². The van der Waals surface area contributed by atoms with Crippen molar-refractivity contribution in [2.45, 2.75) is 6.92 Å². The van der Waals surface area contributed by atoms with Gasteiger partial charge < -0.3 is 20.1 Å². The van der Waals surface area contributed by atoms with Gasteiger partial charge in [-0.2, -0.15) is 0 Å². The zero-order chi connectivity index (χ0) is 17.1. The quantitative estimate of drug-likeness (QED) is 0.736. The fourth-order valence-corrected chi connectivity index (χ4v) is 3.40. The minimum absolute atomic E-state index is 0.0959. The lowest BCUT2D eigenvalue weighted by molar-refractivity contribution is -0.136. The summed E-state index contributed by atoms with van der Waals surface area (Å²) in [6, 6.07) is 3.44. The highest BCUT2D eigenvalue weighted by molar-refractivity contribution is 9.10. The first-order valence-electron chi connectivity index (χ1n) is 6.83. The highest BCUT2D eigenvalue weighted by Gasteiger charge is 2.34. The second-order valence-electron chi connectivity index (χ2n) is 5.00. The van der Waals surface area contributed by atoms with Gasteiger partial charge in [-0.15, -0.1) is 0 Å². The van der Waals surface area contributed by atoms with Crippen LogP contribution >= 0.6 is 27.5 Å². The van der Waals surface area contributed by atoms with Gasteiger partial charge in [-0.3, -0.25) is 4.79 Å². The lowest BCUT2D eigenvalue weighted by atomic mass is 10.1. The van der Waals surface area contributed by atoms with Crippen molar-refractivity contribution in [3.63, 3.8) is 0 Å². The summed E-state index contributed by atoms with van der Waals surface area (Å²) >= 11 is 9.38. The van der Waals surface area contributed by atoms with E-state index >= 15 is 0 Å². The molecule has 0 bridgehead atoms. The van der Waals surface area contributed by atoms with Gasteiger partial charge in [-0.05, 0) is 40.5 Å². The monoisotopic (exact) mass is 402 g/mol. The van der Waals surface area contributed by atoms with Gasteiger partial charge in [0.15, 0.2) is 0 Å². The number of hydrogen-bond donors (Lipinski definition) is 2. The van der Waals surface area contributed by atoms with Crippen LogP contribution in [0.25, 0.3) is 0 Å². The molecule has 1 aromatic carbocycles. The van der Waals surface area contributed by atoms with Crippen molar-refractivity contribution in [3.05, 3.63) is 38.5 Å². The van der Waals surface area contributed by atoms with E-state index in [4.69, 9.17) is 21.4 Å². The predicted octanol–water partition coefficient (Wildman–Crippen LogP) is 2.08. The van der Waals surface area contributed by atoms with Crippen molar-refractivity contribution >= 4 is 45.1 Å². The van der Waals surface area contributed by atoms with Crippen LogP contribution in [0.5, 0.6) is 0 Å². The first kappa shape index (κ1) is 17.8. The van der Waals surface area contributed by atoms with Gasteiger partial charge in [0.05, 0.1) is 31.5 Å². The molecule has 1 heterocycles. The number of β-amino-alcohol motifs (C(OH)–C–C–N with tert-alkyl or cyclic N) is 1. The first-order chi connectivity index (χ1) is 10.9. The van der Waals surface area contributed by atoms with Gasteiger partial charge in [0.25, 0.3) is 5.91 Å². The molecule has 1 aromatic rings. The molecule has 23 heavy (non-hydrogen) atoms. The van der Waals surface area contributed by atoms with Gasteiger partial charge in [0.1, 0.15) is 5.70 Å². The lowest BCUT2D eigenvalue weighted by Crippen LogP contribution is -2.31. The molecule has 124 valence electrons. The molecule has 6 nitrogen and oxygen atoms in total. The van der Waals surface area contributed by atoms with Crippen molar-refractivity contribution in [1.29, 1.82) is 0 Å². The van der Waals surface area contributed by atoms with Crippen LogP contribution in [-0.2, 0) is 14.3 Å². The van der Waals surface area contributed by atoms with Crippen molar-refractivity contribution in [3.8, 4) is 0 Å². The van der Waals surface area contributed by atoms with E-state index in [1.165, 1.54) is 12.0 Å². The fraction of sp³-hybridized carbons (Fsp3) is 0.333. The zero-order valence-corrected chi connectivity index (χ0v) is 15.0. The van der Waals surface area contributed by atoms with Crippen LogP contribution < -0.4 is 5.32 Å². The Morgan fingerprint density at radius 2 is 2.22 bits per heavy atom. The van der Waals surface area contributed by atoms with E-state index in [1.807, 2.05) is 6.92 Å². The number of carbonyl (C=O) groups is 2. The van der Waals surface area contributed by atoms with E-state index in [2.05, 4.69) is 21.2 Å². The van der Waals surface area contributed by atoms with Crippen molar-refractivity contribution < 1.29 is 19.4 Å². The number of anilines is 1. The molecule has 1 aliphatic heterocycles. The van der Waals surface area contributed by atoms with Gasteiger partial charge in [0, 0.05) is 16.0 Å². The van der Waals surface area contributed by atoms with Crippen LogP contribution in [0.15, 0.2) is 27.9 Å². The summed E-state index contributed by atoms with van der Waals surface area (Å²) < 4.78 is 5.42. The number of carbonyl (C=O) groups excluding carboxylic acids is 2. The molecule has 0 aliphatic carbocycles. The summed E-state index contributed by atoms with van der Waals surface area (Å²) in [5.74, 6) is -0.940. The number of nitrogens with zero attached hydrogens (tertiary/aromatic N) is 1.